The van der Waals surface area contributed by atoms with Gasteiger partial charge in [-0.1, -0.05) is 6.92 Å². The third-order valence-corrected chi connectivity index (χ3v) is 2.71. The molecule has 0 bridgehead atoms. The summed E-state index contributed by atoms with van der Waals surface area (Å²) < 4.78 is 2.03. The quantitative estimate of drug-likeness (QED) is 0.743. The van der Waals surface area contributed by atoms with E-state index in [1.807, 2.05) is 11.6 Å². The Kier molecular flexibility index (Phi) is 5.07. The molecule has 1 aromatic heterocycles. The smallest absolute Gasteiger partial charge is 0.0597 e. The zero-order valence-electron chi connectivity index (χ0n) is 10.5. The van der Waals surface area contributed by atoms with E-state index in [-0.39, 0.29) is 0 Å². The van der Waals surface area contributed by atoms with Gasteiger partial charge in [0.15, 0.2) is 0 Å². The maximum atomic E-state index is 5.33. The van der Waals surface area contributed by atoms with E-state index in [1.165, 1.54) is 5.69 Å². The van der Waals surface area contributed by atoms with Crippen LogP contribution >= 0.6 is 0 Å². The van der Waals surface area contributed by atoms with Gasteiger partial charge in [-0.3, -0.25) is 4.68 Å². The van der Waals surface area contributed by atoms with E-state index in [4.69, 9.17) is 6.42 Å². The summed E-state index contributed by atoms with van der Waals surface area (Å²) in [6.45, 7) is 8.03. The molecule has 3 nitrogen and oxygen atoms in total. The monoisotopic (exact) mass is 219 g/mol. The van der Waals surface area contributed by atoms with E-state index >= 15 is 0 Å². The molecule has 1 heterocycles. The number of aromatic nitrogens is 2. The van der Waals surface area contributed by atoms with Crippen molar-refractivity contribution in [1.82, 2.24) is 15.1 Å². The van der Waals surface area contributed by atoms with E-state index in [9.17, 15) is 0 Å². The van der Waals surface area contributed by atoms with Gasteiger partial charge in [-0.15, -0.1) is 12.3 Å². The summed E-state index contributed by atoms with van der Waals surface area (Å²) in [5.74, 6) is 2.70. The van der Waals surface area contributed by atoms with Gasteiger partial charge in [-0.2, -0.15) is 5.10 Å². The molecule has 0 aliphatic carbocycles. The lowest BCUT2D eigenvalue weighted by Crippen LogP contribution is -2.28. The minimum absolute atomic E-state index is 0.408. The second-order valence-corrected chi connectivity index (χ2v) is 3.99. The van der Waals surface area contributed by atoms with E-state index in [0.29, 0.717) is 6.04 Å². The summed E-state index contributed by atoms with van der Waals surface area (Å²) in [6.07, 6.45) is 7.17. The molecule has 88 valence electrons. The first-order chi connectivity index (χ1) is 7.71. The fraction of sp³-hybridized carbons (Fsp3) is 0.615. The molecule has 0 spiro atoms. The lowest BCUT2D eigenvalue weighted by atomic mass is 10.1. The molecule has 0 fully saturated rings. The average Bonchev–Trinajstić information content (AvgIpc) is 2.65. The van der Waals surface area contributed by atoms with Crippen molar-refractivity contribution in [2.45, 2.75) is 52.7 Å². The SMILES string of the molecule is C#CCC(CC)NCc1cc(C)nn1CC. The van der Waals surface area contributed by atoms with Crippen molar-refractivity contribution in [2.24, 2.45) is 0 Å². The first-order valence-corrected chi connectivity index (χ1v) is 5.91. The Morgan fingerprint density at radius 2 is 2.31 bits per heavy atom. The van der Waals surface area contributed by atoms with Crippen LogP contribution in [0.2, 0.25) is 0 Å². The summed E-state index contributed by atoms with van der Waals surface area (Å²) in [5, 5.41) is 7.89. The molecule has 0 aliphatic rings. The lowest BCUT2D eigenvalue weighted by Gasteiger charge is -2.14. The van der Waals surface area contributed by atoms with E-state index in [2.05, 4.69) is 36.2 Å². The molecule has 1 aromatic rings. The van der Waals surface area contributed by atoms with Crippen molar-refractivity contribution in [3.8, 4) is 12.3 Å². The Balaban J connectivity index is 2.56. The molecular formula is C13H21N3. The number of rotatable bonds is 6. The van der Waals surface area contributed by atoms with Gasteiger partial charge in [-0.25, -0.2) is 0 Å². The second-order valence-electron chi connectivity index (χ2n) is 3.99. The lowest BCUT2D eigenvalue weighted by molar-refractivity contribution is 0.485. The van der Waals surface area contributed by atoms with Gasteiger partial charge < -0.3 is 5.32 Å². The van der Waals surface area contributed by atoms with Gasteiger partial charge in [0.05, 0.1) is 11.4 Å². The van der Waals surface area contributed by atoms with Gasteiger partial charge in [0.1, 0.15) is 0 Å². The van der Waals surface area contributed by atoms with Crippen LogP contribution in [0.5, 0.6) is 0 Å². The fourth-order valence-electron chi connectivity index (χ4n) is 1.77. The van der Waals surface area contributed by atoms with Gasteiger partial charge in [0.2, 0.25) is 0 Å². The van der Waals surface area contributed by atoms with Gasteiger partial charge in [0.25, 0.3) is 0 Å². The molecular weight excluding hydrogens is 198 g/mol. The summed E-state index contributed by atoms with van der Waals surface area (Å²) >= 11 is 0. The molecule has 0 aliphatic heterocycles. The summed E-state index contributed by atoms with van der Waals surface area (Å²) in [4.78, 5) is 0. The number of nitrogens with one attached hydrogen (secondary N) is 1. The summed E-state index contributed by atoms with van der Waals surface area (Å²) in [7, 11) is 0. The Morgan fingerprint density at radius 3 is 2.88 bits per heavy atom. The largest absolute Gasteiger partial charge is 0.307 e. The Hall–Kier alpha value is -1.27. The Labute approximate surface area is 98.2 Å². The van der Waals surface area contributed by atoms with E-state index < -0.39 is 0 Å². The van der Waals surface area contributed by atoms with Gasteiger partial charge in [0, 0.05) is 25.6 Å². The van der Waals surface area contributed by atoms with Crippen LogP contribution < -0.4 is 5.32 Å². The Bertz CT molecular complexity index is 360. The molecule has 1 atom stereocenters. The van der Waals surface area contributed by atoms with Crippen LogP contribution in [-0.4, -0.2) is 15.8 Å². The van der Waals surface area contributed by atoms with Gasteiger partial charge >= 0.3 is 0 Å². The average molecular weight is 219 g/mol. The Morgan fingerprint density at radius 1 is 1.56 bits per heavy atom. The third-order valence-electron chi connectivity index (χ3n) is 2.71. The highest BCUT2D eigenvalue weighted by Crippen LogP contribution is 2.05. The van der Waals surface area contributed by atoms with E-state index in [0.717, 1.165) is 31.6 Å². The normalized spacial score (nSPS) is 12.4. The first kappa shape index (κ1) is 12.8. The van der Waals surface area contributed by atoms with Gasteiger partial charge in [-0.05, 0) is 26.3 Å². The standard InChI is InChI=1S/C13H21N3/c1-5-8-12(6-2)14-10-13-9-11(4)15-16(13)7-3/h1,9,12,14H,6-8,10H2,2-4H3. The molecule has 1 unspecified atom stereocenters. The van der Waals surface area contributed by atoms with Crippen molar-refractivity contribution >= 4 is 0 Å². The molecule has 0 radical (unpaired) electrons. The molecule has 0 aromatic carbocycles. The number of hydrogen-bond donors (Lipinski definition) is 1. The van der Waals surface area contributed by atoms with Crippen molar-refractivity contribution in [3.63, 3.8) is 0 Å². The van der Waals surface area contributed by atoms with E-state index in [1.54, 1.807) is 0 Å². The third kappa shape index (κ3) is 3.39. The molecule has 0 saturated carbocycles. The van der Waals surface area contributed by atoms with Crippen LogP contribution in [0, 0.1) is 19.3 Å². The van der Waals surface area contributed by atoms with Crippen molar-refractivity contribution in [1.29, 1.82) is 0 Å². The number of terminal acetylenes is 1. The predicted molar refractivity (Wildman–Crippen MR) is 67.0 cm³/mol. The maximum Gasteiger partial charge on any atom is 0.0597 e. The second kappa shape index (κ2) is 6.34. The fourth-order valence-corrected chi connectivity index (χ4v) is 1.77. The highest BCUT2D eigenvalue weighted by molar-refractivity contribution is 5.09. The molecule has 16 heavy (non-hydrogen) atoms. The first-order valence-electron chi connectivity index (χ1n) is 5.91. The topological polar surface area (TPSA) is 29.9 Å². The van der Waals surface area contributed by atoms with Crippen LogP contribution in [0.25, 0.3) is 0 Å². The van der Waals surface area contributed by atoms with Crippen LogP contribution in [0.1, 0.15) is 38.1 Å². The highest BCUT2D eigenvalue weighted by atomic mass is 15.3. The molecule has 3 heteroatoms. The molecule has 0 saturated heterocycles. The number of nitrogens with zero attached hydrogens (tertiary/aromatic N) is 2. The highest BCUT2D eigenvalue weighted by Gasteiger charge is 2.07. The minimum atomic E-state index is 0.408. The zero-order valence-corrected chi connectivity index (χ0v) is 10.5. The zero-order chi connectivity index (χ0) is 12.0. The van der Waals surface area contributed by atoms with Crippen LogP contribution in [0.15, 0.2) is 6.07 Å². The number of hydrogen-bond acceptors (Lipinski definition) is 2. The van der Waals surface area contributed by atoms with Crippen LogP contribution in [-0.2, 0) is 13.1 Å². The summed E-state index contributed by atoms with van der Waals surface area (Å²) in [5.41, 5.74) is 2.30. The summed E-state index contributed by atoms with van der Waals surface area (Å²) in [6, 6.07) is 2.53. The molecule has 1 N–H and O–H groups in total. The van der Waals surface area contributed by atoms with Crippen molar-refractivity contribution in [2.75, 3.05) is 0 Å². The maximum absolute atomic E-state index is 5.33. The van der Waals surface area contributed by atoms with Crippen molar-refractivity contribution in [3.05, 3.63) is 17.5 Å². The van der Waals surface area contributed by atoms with Crippen LogP contribution in [0.4, 0.5) is 0 Å². The minimum Gasteiger partial charge on any atom is -0.307 e. The number of aryl methyl sites for hydroxylation is 2. The van der Waals surface area contributed by atoms with Crippen LogP contribution in [0.3, 0.4) is 0 Å². The van der Waals surface area contributed by atoms with Crippen molar-refractivity contribution < 1.29 is 0 Å². The predicted octanol–water partition coefficient (Wildman–Crippen LogP) is 2.10. The molecule has 1 rings (SSSR count). The molecule has 0 amide bonds.